The van der Waals surface area contributed by atoms with Crippen LogP contribution in [0.15, 0.2) is 96.5 Å². The molecule has 2 heterocycles. The summed E-state index contributed by atoms with van der Waals surface area (Å²) in [6.45, 7) is 4.27. The Morgan fingerprint density at radius 3 is 2.56 bits per heavy atom. The van der Waals surface area contributed by atoms with E-state index in [4.69, 9.17) is 4.74 Å². The topological polar surface area (TPSA) is 81.1 Å². The van der Waals surface area contributed by atoms with E-state index in [0.717, 1.165) is 28.1 Å². The summed E-state index contributed by atoms with van der Waals surface area (Å²) in [4.78, 5) is 18.0. The van der Waals surface area contributed by atoms with E-state index in [-0.39, 0.29) is 5.91 Å². The number of aromatic nitrogens is 3. The molecule has 4 aromatic rings. The summed E-state index contributed by atoms with van der Waals surface area (Å²) < 4.78 is 7.96. The molecule has 3 aromatic carbocycles. The van der Waals surface area contributed by atoms with Crippen molar-refractivity contribution in [2.45, 2.75) is 26.5 Å². The molecule has 0 radical (unpaired) electrons. The third-order valence-corrected chi connectivity index (χ3v) is 5.88. The summed E-state index contributed by atoms with van der Waals surface area (Å²) >= 11 is 0. The standard InChI is InChI=1S/C27H25N5O2/c1-18-10-6-8-14-22(18)31-26(33)24-19(2)30-27-28-17-29-32(27)25(24)21-13-7-9-15-23(21)34-16-20-11-4-3-5-12-20/h3-15,17,25H,16H2,1-2H3,(H,31,33)(H,28,29,30)/t25-/m1/s1. The average molecular weight is 452 g/mol. The number of rotatable bonds is 6. The van der Waals surface area contributed by atoms with Gasteiger partial charge in [0.2, 0.25) is 5.95 Å². The number of hydrogen-bond donors (Lipinski definition) is 2. The molecule has 0 unspecified atom stereocenters. The largest absolute Gasteiger partial charge is 0.489 e. The Kier molecular flexibility index (Phi) is 5.82. The number of allylic oxidation sites excluding steroid dienone is 1. The van der Waals surface area contributed by atoms with Crippen molar-refractivity contribution in [1.82, 2.24) is 14.8 Å². The number of carbonyl (C=O) groups excluding carboxylic acids is 1. The van der Waals surface area contributed by atoms with Crippen LogP contribution in [0.4, 0.5) is 11.6 Å². The molecule has 1 aliphatic rings. The summed E-state index contributed by atoms with van der Waals surface area (Å²) in [6, 6.07) is 25.0. The van der Waals surface area contributed by atoms with Crippen LogP contribution >= 0.6 is 0 Å². The van der Waals surface area contributed by atoms with Crippen LogP contribution in [0, 0.1) is 6.92 Å². The molecular weight excluding hydrogens is 426 g/mol. The Balaban J connectivity index is 1.53. The van der Waals surface area contributed by atoms with E-state index < -0.39 is 6.04 Å². The number of ether oxygens (including phenoxy) is 1. The van der Waals surface area contributed by atoms with Gasteiger partial charge in [-0.2, -0.15) is 10.1 Å². The molecule has 5 rings (SSSR count). The summed E-state index contributed by atoms with van der Waals surface area (Å²) in [5.74, 6) is 1.06. The highest BCUT2D eigenvalue weighted by atomic mass is 16.5. The number of amides is 1. The number of nitrogens with zero attached hydrogens (tertiary/aromatic N) is 3. The highest BCUT2D eigenvalue weighted by Gasteiger charge is 2.35. The maximum Gasteiger partial charge on any atom is 0.255 e. The van der Waals surface area contributed by atoms with Gasteiger partial charge in [-0.1, -0.05) is 66.7 Å². The first-order valence-corrected chi connectivity index (χ1v) is 11.1. The fourth-order valence-electron chi connectivity index (χ4n) is 4.15. The van der Waals surface area contributed by atoms with Crippen LogP contribution in [0.2, 0.25) is 0 Å². The van der Waals surface area contributed by atoms with E-state index in [1.165, 1.54) is 6.33 Å². The van der Waals surface area contributed by atoms with Crippen LogP contribution in [0.1, 0.15) is 29.7 Å². The molecule has 1 aromatic heterocycles. The van der Waals surface area contributed by atoms with Crippen molar-refractivity contribution in [2.24, 2.45) is 0 Å². The molecule has 7 nitrogen and oxygen atoms in total. The molecule has 0 bridgehead atoms. The molecule has 1 amide bonds. The second-order valence-corrected chi connectivity index (χ2v) is 8.18. The predicted molar refractivity (Wildman–Crippen MR) is 132 cm³/mol. The summed E-state index contributed by atoms with van der Waals surface area (Å²) in [7, 11) is 0. The van der Waals surface area contributed by atoms with Gasteiger partial charge in [0, 0.05) is 16.9 Å². The van der Waals surface area contributed by atoms with Gasteiger partial charge in [-0.3, -0.25) is 4.79 Å². The lowest BCUT2D eigenvalue weighted by atomic mass is 9.94. The minimum absolute atomic E-state index is 0.205. The van der Waals surface area contributed by atoms with E-state index in [1.807, 2.05) is 92.7 Å². The smallest absolute Gasteiger partial charge is 0.255 e. The predicted octanol–water partition coefficient (Wildman–Crippen LogP) is 5.09. The summed E-state index contributed by atoms with van der Waals surface area (Å²) in [5, 5.41) is 10.7. The molecule has 7 heteroatoms. The minimum Gasteiger partial charge on any atom is -0.489 e. The highest BCUT2D eigenvalue weighted by Crippen LogP contribution is 2.39. The molecule has 170 valence electrons. The number of fused-ring (bicyclic) bond motifs is 1. The summed E-state index contributed by atoms with van der Waals surface area (Å²) in [5.41, 5.74) is 4.92. The number of nitrogens with one attached hydrogen (secondary N) is 2. The Bertz CT molecular complexity index is 1360. The van der Waals surface area contributed by atoms with Crippen LogP contribution < -0.4 is 15.4 Å². The van der Waals surface area contributed by atoms with Gasteiger partial charge in [-0.05, 0) is 37.1 Å². The van der Waals surface area contributed by atoms with Gasteiger partial charge >= 0.3 is 0 Å². The average Bonchev–Trinajstić information content (AvgIpc) is 3.32. The Labute approximate surface area is 198 Å². The van der Waals surface area contributed by atoms with Crippen LogP contribution in [-0.2, 0) is 11.4 Å². The lowest BCUT2D eigenvalue weighted by molar-refractivity contribution is -0.113. The molecule has 1 aliphatic heterocycles. The number of benzene rings is 3. The monoisotopic (exact) mass is 451 g/mol. The number of para-hydroxylation sites is 2. The van der Waals surface area contributed by atoms with E-state index in [9.17, 15) is 4.79 Å². The van der Waals surface area contributed by atoms with Crippen molar-refractivity contribution in [3.05, 3.63) is 113 Å². The molecule has 2 N–H and O–H groups in total. The third kappa shape index (κ3) is 4.15. The minimum atomic E-state index is -0.505. The molecular formula is C27H25N5O2. The third-order valence-electron chi connectivity index (χ3n) is 5.88. The zero-order valence-corrected chi connectivity index (χ0v) is 19.0. The van der Waals surface area contributed by atoms with E-state index >= 15 is 0 Å². The van der Waals surface area contributed by atoms with Crippen molar-refractivity contribution in [3.8, 4) is 5.75 Å². The van der Waals surface area contributed by atoms with Crippen molar-refractivity contribution in [3.63, 3.8) is 0 Å². The summed E-state index contributed by atoms with van der Waals surface area (Å²) in [6.07, 6.45) is 1.48. The molecule has 0 saturated heterocycles. The second-order valence-electron chi connectivity index (χ2n) is 8.18. The van der Waals surface area contributed by atoms with Gasteiger partial charge in [-0.15, -0.1) is 0 Å². The van der Waals surface area contributed by atoms with E-state index in [0.29, 0.717) is 23.9 Å². The van der Waals surface area contributed by atoms with Gasteiger partial charge in [0.05, 0.1) is 5.57 Å². The first-order valence-electron chi connectivity index (χ1n) is 11.1. The van der Waals surface area contributed by atoms with E-state index in [1.54, 1.807) is 4.68 Å². The fourth-order valence-corrected chi connectivity index (χ4v) is 4.15. The molecule has 1 atom stereocenters. The molecule has 0 fully saturated rings. The van der Waals surface area contributed by atoms with Crippen LogP contribution in [0.25, 0.3) is 0 Å². The first-order chi connectivity index (χ1) is 16.6. The number of carbonyl (C=O) groups is 1. The maximum absolute atomic E-state index is 13.6. The molecule has 34 heavy (non-hydrogen) atoms. The number of aryl methyl sites for hydroxylation is 1. The Morgan fingerprint density at radius 2 is 1.74 bits per heavy atom. The van der Waals surface area contributed by atoms with Gasteiger partial charge in [0.1, 0.15) is 24.7 Å². The fraction of sp³-hybridized carbons (Fsp3) is 0.148. The zero-order valence-electron chi connectivity index (χ0n) is 19.0. The Morgan fingerprint density at radius 1 is 1.00 bits per heavy atom. The van der Waals surface area contributed by atoms with Crippen molar-refractivity contribution >= 4 is 17.5 Å². The highest BCUT2D eigenvalue weighted by molar-refractivity contribution is 6.06. The van der Waals surface area contributed by atoms with Gasteiger partial charge < -0.3 is 15.4 Å². The Hall–Kier alpha value is -4.39. The quantitative estimate of drug-likeness (QED) is 0.427. The van der Waals surface area contributed by atoms with Crippen LogP contribution in [0.5, 0.6) is 5.75 Å². The van der Waals surface area contributed by atoms with Gasteiger partial charge in [0.15, 0.2) is 0 Å². The van der Waals surface area contributed by atoms with Crippen LogP contribution in [-0.4, -0.2) is 20.7 Å². The van der Waals surface area contributed by atoms with Crippen LogP contribution in [0.3, 0.4) is 0 Å². The van der Waals surface area contributed by atoms with Gasteiger partial charge in [0.25, 0.3) is 5.91 Å². The van der Waals surface area contributed by atoms with E-state index in [2.05, 4.69) is 20.7 Å². The normalized spacial score (nSPS) is 14.8. The maximum atomic E-state index is 13.6. The lowest BCUT2D eigenvalue weighted by Gasteiger charge is -2.30. The first kappa shape index (κ1) is 21.5. The molecule has 0 saturated carbocycles. The second kappa shape index (κ2) is 9.23. The SMILES string of the molecule is CC1=C(C(=O)Nc2ccccc2C)[C@@H](c2ccccc2OCc2ccccc2)n2ncnc2N1. The number of hydrogen-bond acceptors (Lipinski definition) is 5. The molecule has 0 aliphatic carbocycles. The van der Waals surface area contributed by atoms with Crippen molar-refractivity contribution in [1.29, 1.82) is 0 Å². The van der Waals surface area contributed by atoms with Crippen molar-refractivity contribution in [2.75, 3.05) is 10.6 Å². The lowest BCUT2D eigenvalue weighted by Crippen LogP contribution is -2.32. The zero-order chi connectivity index (χ0) is 23.5. The van der Waals surface area contributed by atoms with Crippen molar-refractivity contribution < 1.29 is 9.53 Å². The number of anilines is 2. The molecule has 0 spiro atoms. The van der Waals surface area contributed by atoms with Gasteiger partial charge in [-0.25, -0.2) is 4.68 Å².